The predicted octanol–water partition coefficient (Wildman–Crippen LogP) is 1.07. The molecule has 5 nitrogen and oxygen atoms in total. The van der Waals surface area contributed by atoms with Crippen molar-refractivity contribution >= 4 is 29.3 Å². The van der Waals surface area contributed by atoms with E-state index < -0.39 is 0 Å². The zero-order valence-corrected chi connectivity index (χ0v) is 11.8. The van der Waals surface area contributed by atoms with Gasteiger partial charge in [-0.1, -0.05) is 12.1 Å². The van der Waals surface area contributed by atoms with Crippen molar-refractivity contribution in [1.29, 1.82) is 0 Å². The highest BCUT2D eigenvalue weighted by atomic mass is 32.2. The van der Waals surface area contributed by atoms with Crippen LogP contribution in [0.2, 0.25) is 0 Å². The van der Waals surface area contributed by atoms with Crippen molar-refractivity contribution in [3.8, 4) is 0 Å². The van der Waals surface area contributed by atoms with E-state index in [1.807, 2.05) is 6.26 Å². The number of thioether (sulfide) groups is 1. The van der Waals surface area contributed by atoms with E-state index in [-0.39, 0.29) is 11.8 Å². The number of benzene rings is 1. The molecule has 104 valence electrons. The van der Waals surface area contributed by atoms with Crippen molar-refractivity contribution in [3.05, 3.63) is 29.8 Å². The van der Waals surface area contributed by atoms with Gasteiger partial charge in [0.25, 0.3) is 5.91 Å². The summed E-state index contributed by atoms with van der Waals surface area (Å²) in [5.74, 6) is 0.438. The van der Waals surface area contributed by atoms with E-state index in [1.165, 1.54) is 0 Å². The fraction of sp³-hybridized carbons (Fsp3) is 0.385. The first-order valence-corrected chi connectivity index (χ1v) is 7.44. The minimum atomic E-state index is -0.230. The molecule has 0 heterocycles. The number of hydrogen-bond acceptors (Lipinski definition) is 4. The second-order valence-electron chi connectivity index (χ2n) is 3.88. The molecule has 6 heteroatoms. The van der Waals surface area contributed by atoms with Gasteiger partial charge in [-0.15, -0.1) is 0 Å². The summed E-state index contributed by atoms with van der Waals surface area (Å²) in [7, 11) is 0. The third-order valence-electron chi connectivity index (χ3n) is 2.41. The molecule has 0 atom stereocenters. The van der Waals surface area contributed by atoms with Crippen LogP contribution in [-0.2, 0) is 4.79 Å². The number of nitrogens with one attached hydrogen (secondary N) is 2. The molecule has 0 aliphatic heterocycles. The molecular formula is C13H19N3O2S. The van der Waals surface area contributed by atoms with Crippen molar-refractivity contribution < 1.29 is 9.59 Å². The summed E-state index contributed by atoms with van der Waals surface area (Å²) < 4.78 is 0. The van der Waals surface area contributed by atoms with Crippen LogP contribution >= 0.6 is 11.8 Å². The van der Waals surface area contributed by atoms with Crippen LogP contribution in [0.25, 0.3) is 0 Å². The van der Waals surface area contributed by atoms with Crippen LogP contribution in [0.1, 0.15) is 16.8 Å². The maximum absolute atomic E-state index is 11.9. The van der Waals surface area contributed by atoms with Gasteiger partial charge in [0.2, 0.25) is 5.91 Å². The van der Waals surface area contributed by atoms with Gasteiger partial charge in [0, 0.05) is 25.3 Å². The van der Waals surface area contributed by atoms with Gasteiger partial charge in [-0.25, -0.2) is 0 Å². The topological polar surface area (TPSA) is 84.2 Å². The van der Waals surface area contributed by atoms with E-state index in [0.717, 1.165) is 5.75 Å². The lowest BCUT2D eigenvalue weighted by molar-refractivity contribution is -0.115. The number of para-hydroxylation sites is 1. The van der Waals surface area contributed by atoms with E-state index in [4.69, 9.17) is 5.73 Å². The Hall–Kier alpha value is -1.53. The second kappa shape index (κ2) is 8.55. The zero-order valence-electron chi connectivity index (χ0n) is 10.9. The monoisotopic (exact) mass is 281 g/mol. The van der Waals surface area contributed by atoms with Crippen molar-refractivity contribution in [2.24, 2.45) is 5.73 Å². The van der Waals surface area contributed by atoms with Gasteiger partial charge in [-0.3, -0.25) is 9.59 Å². The normalized spacial score (nSPS) is 10.0. The fourth-order valence-electron chi connectivity index (χ4n) is 1.48. The lowest BCUT2D eigenvalue weighted by atomic mass is 10.1. The fourth-order valence-corrected chi connectivity index (χ4v) is 1.87. The molecule has 0 fully saturated rings. The highest BCUT2D eigenvalue weighted by molar-refractivity contribution is 7.98. The molecule has 2 amide bonds. The summed E-state index contributed by atoms with van der Waals surface area (Å²) in [5.41, 5.74) is 6.32. The summed E-state index contributed by atoms with van der Waals surface area (Å²) in [6, 6.07) is 6.93. The Balaban J connectivity index is 2.72. The molecule has 0 aromatic heterocycles. The van der Waals surface area contributed by atoms with Gasteiger partial charge in [0.1, 0.15) is 0 Å². The van der Waals surface area contributed by atoms with Crippen LogP contribution in [0, 0.1) is 0 Å². The van der Waals surface area contributed by atoms with Crippen molar-refractivity contribution in [2.45, 2.75) is 6.42 Å². The number of nitrogens with two attached hydrogens (primary N) is 1. The Bertz CT molecular complexity index is 438. The molecule has 1 aromatic carbocycles. The molecule has 0 saturated carbocycles. The molecule has 1 aromatic rings. The standard InChI is InChI=1S/C13H19N3O2S/c1-19-9-6-12(17)16-11-5-3-2-4-10(11)13(18)15-8-7-14/h2-5H,6-9,14H2,1H3,(H,15,18)(H,16,17). The van der Waals surface area contributed by atoms with Crippen LogP contribution in [0.4, 0.5) is 5.69 Å². The highest BCUT2D eigenvalue weighted by Gasteiger charge is 2.12. The van der Waals surface area contributed by atoms with Gasteiger partial charge < -0.3 is 16.4 Å². The largest absolute Gasteiger partial charge is 0.351 e. The molecule has 0 unspecified atom stereocenters. The quantitative estimate of drug-likeness (QED) is 0.698. The van der Waals surface area contributed by atoms with E-state index >= 15 is 0 Å². The van der Waals surface area contributed by atoms with Crippen LogP contribution in [0.5, 0.6) is 0 Å². The van der Waals surface area contributed by atoms with E-state index in [9.17, 15) is 9.59 Å². The lowest BCUT2D eigenvalue weighted by Crippen LogP contribution is -2.30. The first-order chi connectivity index (χ1) is 9.19. The third-order valence-corrected chi connectivity index (χ3v) is 3.02. The summed E-state index contributed by atoms with van der Waals surface area (Å²) in [6.45, 7) is 0.793. The van der Waals surface area contributed by atoms with Gasteiger partial charge in [-0.2, -0.15) is 11.8 Å². The molecule has 0 aliphatic rings. The minimum Gasteiger partial charge on any atom is -0.351 e. The summed E-state index contributed by atoms with van der Waals surface area (Å²) in [5, 5.41) is 5.44. The molecule has 0 bridgehead atoms. The SMILES string of the molecule is CSCCC(=O)Nc1ccccc1C(=O)NCCN. The van der Waals surface area contributed by atoms with Crippen LogP contribution in [0.15, 0.2) is 24.3 Å². The van der Waals surface area contributed by atoms with Gasteiger partial charge in [-0.05, 0) is 18.4 Å². The highest BCUT2D eigenvalue weighted by Crippen LogP contribution is 2.15. The smallest absolute Gasteiger partial charge is 0.253 e. The van der Waals surface area contributed by atoms with Crippen molar-refractivity contribution in [3.63, 3.8) is 0 Å². The average molecular weight is 281 g/mol. The molecule has 0 radical (unpaired) electrons. The maximum atomic E-state index is 11.9. The van der Waals surface area contributed by atoms with Crippen LogP contribution < -0.4 is 16.4 Å². The summed E-state index contributed by atoms with van der Waals surface area (Å²) >= 11 is 1.61. The number of rotatable bonds is 7. The Morgan fingerprint density at radius 3 is 2.74 bits per heavy atom. The van der Waals surface area contributed by atoms with E-state index in [1.54, 1.807) is 36.0 Å². The molecule has 0 saturated heterocycles. The second-order valence-corrected chi connectivity index (χ2v) is 4.87. The first kappa shape index (κ1) is 15.5. The molecule has 4 N–H and O–H groups in total. The van der Waals surface area contributed by atoms with Gasteiger partial charge in [0.15, 0.2) is 0 Å². The number of carbonyl (C=O) groups is 2. The third kappa shape index (κ3) is 5.32. The van der Waals surface area contributed by atoms with Gasteiger partial charge >= 0.3 is 0 Å². The zero-order chi connectivity index (χ0) is 14.1. The van der Waals surface area contributed by atoms with Crippen LogP contribution in [-0.4, -0.2) is 36.9 Å². The Morgan fingerprint density at radius 2 is 2.05 bits per heavy atom. The average Bonchev–Trinajstić information content (AvgIpc) is 2.43. The predicted molar refractivity (Wildman–Crippen MR) is 79.5 cm³/mol. The Morgan fingerprint density at radius 1 is 1.32 bits per heavy atom. The summed E-state index contributed by atoms with van der Waals surface area (Å²) in [4.78, 5) is 23.6. The van der Waals surface area contributed by atoms with Gasteiger partial charge in [0.05, 0.1) is 11.3 Å². The molecule has 0 aliphatic carbocycles. The number of carbonyl (C=O) groups excluding carboxylic acids is 2. The van der Waals surface area contributed by atoms with E-state index in [2.05, 4.69) is 10.6 Å². The Labute approximate surface area is 117 Å². The number of amides is 2. The number of anilines is 1. The first-order valence-electron chi connectivity index (χ1n) is 6.05. The molecule has 1 rings (SSSR count). The Kier molecular flexibility index (Phi) is 6.99. The van der Waals surface area contributed by atoms with Crippen LogP contribution in [0.3, 0.4) is 0 Å². The molecule has 0 spiro atoms. The maximum Gasteiger partial charge on any atom is 0.253 e. The van der Waals surface area contributed by atoms with Crippen molar-refractivity contribution in [2.75, 3.05) is 30.4 Å². The minimum absolute atomic E-state index is 0.0894. The van der Waals surface area contributed by atoms with Crippen molar-refractivity contribution in [1.82, 2.24) is 5.32 Å². The summed E-state index contributed by atoms with van der Waals surface area (Å²) in [6.07, 6.45) is 2.38. The number of hydrogen-bond donors (Lipinski definition) is 3. The van der Waals surface area contributed by atoms with E-state index in [0.29, 0.717) is 30.8 Å². The molecular weight excluding hydrogens is 262 g/mol. The molecule has 19 heavy (non-hydrogen) atoms. The lowest BCUT2D eigenvalue weighted by Gasteiger charge is -2.10.